The minimum Gasteiger partial charge on any atom is -0.336 e. The number of hydrogen-bond acceptors (Lipinski definition) is 0. The lowest BCUT2D eigenvalue weighted by molar-refractivity contribution is 0.455. The van der Waals surface area contributed by atoms with Crippen LogP contribution in [-0.2, 0) is 6.42 Å². The molecular weight excluding hydrogens is 605 g/mol. The fraction of sp³-hybridized carbons (Fsp3) is 0.125. The van der Waals surface area contributed by atoms with E-state index < -0.39 is 0 Å². The monoisotopic (exact) mass is 642 g/mol. The molecule has 0 radical (unpaired) electrons. The molecule has 0 saturated carbocycles. The van der Waals surface area contributed by atoms with E-state index >= 15 is 0 Å². The molecular formula is C48H38N2. The SMILES string of the molecule is Cc1ccc2c(c1)-c1cc(-c3ccc4c(c3)c3cc(C)ccc3n4-c3ccccc3)ccc1C(C)C(n1c3ccccc3c3ccccc31)C2. The molecule has 9 aromatic rings. The maximum Gasteiger partial charge on any atom is 0.0541 e. The molecule has 2 heterocycles. The summed E-state index contributed by atoms with van der Waals surface area (Å²) in [6, 6.07) is 57.1. The van der Waals surface area contributed by atoms with Gasteiger partial charge in [-0.05, 0) is 108 Å². The average molecular weight is 643 g/mol. The lowest BCUT2D eigenvalue weighted by atomic mass is 9.87. The van der Waals surface area contributed by atoms with Crippen LogP contribution in [0.3, 0.4) is 0 Å². The van der Waals surface area contributed by atoms with Crippen LogP contribution in [0.25, 0.3) is 71.6 Å². The second kappa shape index (κ2) is 11.1. The highest BCUT2D eigenvalue weighted by Crippen LogP contribution is 2.47. The largest absolute Gasteiger partial charge is 0.336 e. The molecule has 2 aromatic heterocycles. The minimum absolute atomic E-state index is 0.275. The van der Waals surface area contributed by atoms with Crippen molar-refractivity contribution in [3.8, 4) is 27.9 Å². The highest BCUT2D eigenvalue weighted by molar-refractivity contribution is 6.11. The Morgan fingerprint density at radius 3 is 1.84 bits per heavy atom. The van der Waals surface area contributed by atoms with Crippen LogP contribution in [0.5, 0.6) is 0 Å². The average Bonchev–Trinajstić information content (AvgIpc) is 3.62. The van der Waals surface area contributed by atoms with Gasteiger partial charge in [0.1, 0.15) is 0 Å². The van der Waals surface area contributed by atoms with Crippen LogP contribution in [0.15, 0.2) is 152 Å². The molecule has 0 fully saturated rings. The molecule has 7 aromatic carbocycles. The van der Waals surface area contributed by atoms with Gasteiger partial charge < -0.3 is 9.13 Å². The van der Waals surface area contributed by atoms with Crippen LogP contribution in [0.4, 0.5) is 0 Å². The molecule has 0 bridgehead atoms. The Balaban J connectivity index is 1.17. The molecule has 0 spiro atoms. The predicted molar refractivity (Wildman–Crippen MR) is 212 cm³/mol. The van der Waals surface area contributed by atoms with E-state index in [1.807, 2.05) is 0 Å². The summed E-state index contributed by atoms with van der Waals surface area (Å²) in [5, 5.41) is 5.25. The number of hydrogen-bond donors (Lipinski definition) is 0. The zero-order valence-corrected chi connectivity index (χ0v) is 28.7. The van der Waals surface area contributed by atoms with E-state index in [1.165, 1.54) is 93.8 Å². The minimum atomic E-state index is 0.275. The highest BCUT2D eigenvalue weighted by Gasteiger charge is 2.31. The van der Waals surface area contributed by atoms with Crippen molar-refractivity contribution in [1.82, 2.24) is 9.13 Å². The van der Waals surface area contributed by atoms with Gasteiger partial charge in [-0.25, -0.2) is 0 Å². The van der Waals surface area contributed by atoms with Crippen LogP contribution in [-0.4, -0.2) is 9.13 Å². The van der Waals surface area contributed by atoms with Crippen LogP contribution >= 0.6 is 0 Å². The maximum absolute atomic E-state index is 2.64. The van der Waals surface area contributed by atoms with E-state index in [9.17, 15) is 0 Å². The van der Waals surface area contributed by atoms with Gasteiger partial charge in [0.2, 0.25) is 0 Å². The molecule has 50 heavy (non-hydrogen) atoms. The van der Waals surface area contributed by atoms with Crippen LogP contribution in [0.1, 0.15) is 41.1 Å². The standard InChI is InChI=1S/C48H38N2/c1-30-17-19-35-29-48(50-44-15-9-7-13-38(44)39-14-8-10-16-45(39)50)32(3)37-22-20-33(27-41(37)40(35)25-30)34-21-24-47-43(28-34)42-26-31(2)18-23-46(42)49(47)36-11-5-4-6-12-36/h4-28,32,48H,29H2,1-3H3. The summed E-state index contributed by atoms with van der Waals surface area (Å²) in [7, 11) is 0. The van der Waals surface area contributed by atoms with Gasteiger partial charge in [0.15, 0.2) is 0 Å². The topological polar surface area (TPSA) is 9.86 Å². The van der Waals surface area contributed by atoms with Crippen molar-refractivity contribution in [3.63, 3.8) is 0 Å². The van der Waals surface area contributed by atoms with E-state index in [4.69, 9.17) is 0 Å². The van der Waals surface area contributed by atoms with Gasteiger partial charge in [-0.15, -0.1) is 0 Å². The number of aromatic nitrogens is 2. The first-order valence-electron chi connectivity index (χ1n) is 17.9. The number of fused-ring (bicyclic) bond motifs is 9. The first-order chi connectivity index (χ1) is 24.5. The Labute approximate surface area is 292 Å². The maximum atomic E-state index is 2.64. The first-order valence-corrected chi connectivity index (χ1v) is 17.9. The van der Waals surface area contributed by atoms with E-state index in [1.54, 1.807) is 0 Å². The summed E-state index contributed by atoms with van der Waals surface area (Å²) in [6.45, 7) is 6.86. The van der Waals surface area contributed by atoms with E-state index in [0.717, 1.165) is 6.42 Å². The van der Waals surface area contributed by atoms with Gasteiger partial charge in [0, 0.05) is 50.2 Å². The fourth-order valence-corrected chi connectivity index (χ4v) is 8.89. The van der Waals surface area contributed by atoms with Crippen molar-refractivity contribution in [2.24, 2.45) is 0 Å². The van der Waals surface area contributed by atoms with Gasteiger partial charge in [0.25, 0.3) is 0 Å². The molecule has 2 nitrogen and oxygen atoms in total. The van der Waals surface area contributed by atoms with E-state index in [0.29, 0.717) is 5.92 Å². The number of nitrogens with zero attached hydrogens (tertiary/aromatic N) is 2. The van der Waals surface area contributed by atoms with Gasteiger partial charge >= 0.3 is 0 Å². The molecule has 0 amide bonds. The summed E-state index contributed by atoms with van der Waals surface area (Å²) in [6.07, 6.45) is 0.980. The van der Waals surface area contributed by atoms with Crippen molar-refractivity contribution in [2.45, 2.75) is 39.2 Å². The molecule has 1 aliphatic carbocycles. The molecule has 2 heteroatoms. The van der Waals surface area contributed by atoms with Gasteiger partial charge in [0.05, 0.1) is 11.0 Å². The molecule has 2 unspecified atom stereocenters. The summed E-state index contributed by atoms with van der Waals surface area (Å²) in [5.41, 5.74) is 16.9. The third-order valence-corrected chi connectivity index (χ3v) is 11.3. The third-order valence-electron chi connectivity index (χ3n) is 11.3. The zero-order valence-electron chi connectivity index (χ0n) is 28.7. The van der Waals surface area contributed by atoms with Crippen molar-refractivity contribution >= 4 is 43.6 Å². The van der Waals surface area contributed by atoms with Crippen molar-refractivity contribution in [3.05, 3.63) is 174 Å². The van der Waals surface area contributed by atoms with Crippen molar-refractivity contribution in [2.75, 3.05) is 0 Å². The molecule has 10 rings (SSSR count). The summed E-state index contributed by atoms with van der Waals surface area (Å²) in [5.74, 6) is 0.306. The smallest absolute Gasteiger partial charge is 0.0541 e. The van der Waals surface area contributed by atoms with Crippen molar-refractivity contribution in [1.29, 1.82) is 0 Å². The third kappa shape index (κ3) is 4.34. The van der Waals surface area contributed by atoms with Crippen LogP contribution in [0, 0.1) is 13.8 Å². The summed E-state index contributed by atoms with van der Waals surface area (Å²) in [4.78, 5) is 0. The Kier molecular flexibility index (Phi) is 6.45. The Hall–Kier alpha value is -5.86. The van der Waals surface area contributed by atoms with Gasteiger partial charge in [-0.3, -0.25) is 0 Å². The first kappa shape index (κ1) is 29.1. The fourth-order valence-electron chi connectivity index (χ4n) is 8.89. The molecule has 1 aliphatic rings. The number of benzene rings is 7. The number of para-hydroxylation sites is 3. The van der Waals surface area contributed by atoms with Gasteiger partial charge in [-0.1, -0.05) is 115 Å². The highest BCUT2D eigenvalue weighted by atomic mass is 15.0. The zero-order chi connectivity index (χ0) is 33.5. The second-order valence-electron chi connectivity index (χ2n) is 14.4. The lowest BCUT2D eigenvalue weighted by Gasteiger charge is -2.27. The quantitative estimate of drug-likeness (QED) is 0.181. The molecule has 0 saturated heterocycles. The lowest BCUT2D eigenvalue weighted by Crippen LogP contribution is -2.17. The van der Waals surface area contributed by atoms with Crippen LogP contribution in [0.2, 0.25) is 0 Å². The van der Waals surface area contributed by atoms with Crippen molar-refractivity contribution < 1.29 is 0 Å². The van der Waals surface area contributed by atoms with E-state index in [2.05, 4.69) is 182 Å². The van der Waals surface area contributed by atoms with Gasteiger partial charge in [-0.2, -0.15) is 0 Å². The molecule has 0 N–H and O–H groups in total. The summed E-state index contributed by atoms with van der Waals surface area (Å²) < 4.78 is 5.04. The summed E-state index contributed by atoms with van der Waals surface area (Å²) >= 11 is 0. The normalized spacial score (nSPS) is 15.8. The molecule has 2 atom stereocenters. The Morgan fingerprint density at radius 1 is 0.480 bits per heavy atom. The second-order valence-corrected chi connectivity index (χ2v) is 14.4. The number of rotatable bonds is 3. The molecule has 0 aliphatic heterocycles. The van der Waals surface area contributed by atoms with E-state index in [-0.39, 0.29) is 6.04 Å². The predicted octanol–water partition coefficient (Wildman–Crippen LogP) is 12.7. The van der Waals surface area contributed by atoms with Crippen LogP contribution < -0.4 is 0 Å². The Bertz CT molecular complexity index is 2720. The Morgan fingerprint density at radius 2 is 1.08 bits per heavy atom. The molecule has 240 valence electrons. The number of aryl methyl sites for hydroxylation is 2.